The summed E-state index contributed by atoms with van der Waals surface area (Å²) in [6.45, 7) is 8.71. The fourth-order valence-electron chi connectivity index (χ4n) is 5.68. The topological polar surface area (TPSA) is 108 Å². The predicted octanol–water partition coefficient (Wildman–Crippen LogP) is 4.74. The number of H-pyrrole nitrogens is 1. The van der Waals surface area contributed by atoms with Crippen molar-refractivity contribution < 1.29 is 9.53 Å². The second-order valence-electron chi connectivity index (χ2n) is 12.5. The van der Waals surface area contributed by atoms with Crippen molar-refractivity contribution in [1.29, 1.82) is 0 Å². The molecule has 3 aliphatic rings. The number of hydrogen-bond donors (Lipinski definition) is 3. The summed E-state index contributed by atoms with van der Waals surface area (Å²) in [4.78, 5) is 24.7. The Balaban J connectivity index is 1.35. The molecule has 3 fully saturated rings. The molecule has 210 valence electrons. The van der Waals surface area contributed by atoms with Crippen LogP contribution >= 0.6 is 0 Å². The summed E-state index contributed by atoms with van der Waals surface area (Å²) in [6, 6.07) is 8.14. The van der Waals surface area contributed by atoms with E-state index in [2.05, 4.69) is 53.4 Å². The molecule has 6 rings (SSSR count). The number of benzene rings is 1. The van der Waals surface area contributed by atoms with E-state index in [0.29, 0.717) is 41.6 Å². The molecule has 40 heavy (non-hydrogen) atoms. The second-order valence-corrected chi connectivity index (χ2v) is 12.5. The van der Waals surface area contributed by atoms with Crippen LogP contribution in [0.1, 0.15) is 87.1 Å². The van der Waals surface area contributed by atoms with Crippen molar-refractivity contribution in [3.63, 3.8) is 0 Å². The average molecular weight is 542 g/mol. The minimum Gasteiger partial charge on any atom is -0.366 e. The number of carbonyl (C=O) groups excluding carboxylic acids is 1. The first-order valence-corrected chi connectivity index (χ1v) is 14.5. The average Bonchev–Trinajstić information content (AvgIpc) is 3.70. The summed E-state index contributed by atoms with van der Waals surface area (Å²) >= 11 is 0. The largest absolute Gasteiger partial charge is 0.366 e. The molecule has 0 radical (unpaired) electrons. The maximum atomic E-state index is 13.4. The van der Waals surface area contributed by atoms with Crippen LogP contribution in [0.25, 0.3) is 10.9 Å². The third-order valence-electron chi connectivity index (χ3n) is 8.64. The molecule has 1 atom stereocenters. The monoisotopic (exact) mass is 541 g/mol. The van der Waals surface area contributed by atoms with Crippen molar-refractivity contribution >= 4 is 28.4 Å². The van der Waals surface area contributed by atoms with Gasteiger partial charge in [-0.3, -0.25) is 9.89 Å². The summed E-state index contributed by atoms with van der Waals surface area (Å²) in [5, 5.41) is 15.1. The third kappa shape index (κ3) is 5.70. The molecule has 3 N–H and O–H groups in total. The molecule has 9 nitrogen and oxygen atoms in total. The van der Waals surface area contributed by atoms with E-state index < -0.39 is 5.60 Å². The lowest BCUT2D eigenvalue weighted by molar-refractivity contribution is -0.0162. The number of nitrogens with one attached hydrogen (secondary N) is 3. The third-order valence-corrected chi connectivity index (χ3v) is 8.64. The van der Waals surface area contributed by atoms with Crippen molar-refractivity contribution in [2.45, 2.75) is 76.9 Å². The molecule has 1 aliphatic heterocycles. The van der Waals surface area contributed by atoms with Gasteiger partial charge in [0.25, 0.3) is 5.91 Å². The van der Waals surface area contributed by atoms with E-state index in [1.54, 1.807) is 7.11 Å². The van der Waals surface area contributed by atoms with Crippen LogP contribution in [0.2, 0.25) is 0 Å². The minimum atomic E-state index is -0.424. The van der Waals surface area contributed by atoms with Crippen LogP contribution in [0.3, 0.4) is 0 Å². The summed E-state index contributed by atoms with van der Waals surface area (Å²) in [5.74, 6) is 8.63. The van der Waals surface area contributed by atoms with E-state index in [1.807, 2.05) is 29.2 Å². The number of carbonyl (C=O) groups is 1. The fraction of sp³-hybridized carbons (Fsp3) is 0.548. The number of hydrogen-bond acceptors (Lipinski definition) is 7. The molecule has 3 aromatic rings. The van der Waals surface area contributed by atoms with E-state index in [9.17, 15) is 4.79 Å². The molecule has 9 heteroatoms. The Hall–Kier alpha value is -3.48. The zero-order valence-corrected chi connectivity index (χ0v) is 23.9. The van der Waals surface area contributed by atoms with E-state index in [-0.39, 0.29) is 17.8 Å². The predicted molar refractivity (Wildman–Crippen MR) is 156 cm³/mol. The van der Waals surface area contributed by atoms with Gasteiger partial charge in [-0.05, 0) is 69.1 Å². The summed E-state index contributed by atoms with van der Waals surface area (Å²) in [6.07, 6.45) is 6.39. The SMILES string of the molecule is COC1(C#Cc2ccc3nc(C(=O)N4CCN[C@H](C)C4)nc(Nc4cc(C5CC5)[nH]n4)c3c2)CCC(C)(C)CC1. The van der Waals surface area contributed by atoms with Gasteiger partial charge in [-0.1, -0.05) is 25.7 Å². The first-order chi connectivity index (χ1) is 19.2. The van der Waals surface area contributed by atoms with E-state index >= 15 is 0 Å². The van der Waals surface area contributed by atoms with Crippen LogP contribution in [0.5, 0.6) is 0 Å². The van der Waals surface area contributed by atoms with Crippen LogP contribution in [0.15, 0.2) is 24.3 Å². The van der Waals surface area contributed by atoms with Crippen LogP contribution in [-0.4, -0.2) is 69.4 Å². The van der Waals surface area contributed by atoms with Gasteiger partial charge in [-0.25, -0.2) is 9.97 Å². The van der Waals surface area contributed by atoms with Crippen LogP contribution in [0, 0.1) is 17.3 Å². The number of rotatable bonds is 5. The maximum Gasteiger partial charge on any atom is 0.291 e. The molecule has 0 unspecified atom stereocenters. The molecule has 1 aromatic carbocycles. The maximum absolute atomic E-state index is 13.4. The highest BCUT2D eigenvalue weighted by Gasteiger charge is 2.37. The fourth-order valence-corrected chi connectivity index (χ4v) is 5.68. The first-order valence-electron chi connectivity index (χ1n) is 14.5. The van der Waals surface area contributed by atoms with Gasteiger partial charge in [-0.2, -0.15) is 5.10 Å². The molecule has 3 heterocycles. The van der Waals surface area contributed by atoms with Crippen molar-refractivity contribution in [2.75, 3.05) is 32.1 Å². The summed E-state index contributed by atoms with van der Waals surface area (Å²) in [5.41, 5.74) is 2.57. The molecule has 2 saturated carbocycles. The molecular formula is C31H39N7O2. The summed E-state index contributed by atoms with van der Waals surface area (Å²) in [7, 11) is 1.76. The van der Waals surface area contributed by atoms with Gasteiger partial charge in [-0.15, -0.1) is 0 Å². The minimum absolute atomic E-state index is 0.162. The number of ether oxygens (including phenoxy) is 1. The molecule has 2 aromatic heterocycles. The molecule has 1 saturated heterocycles. The van der Waals surface area contributed by atoms with Gasteiger partial charge in [0.15, 0.2) is 5.82 Å². The van der Waals surface area contributed by atoms with Crippen LogP contribution < -0.4 is 10.6 Å². The van der Waals surface area contributed by atoms with Gasteiger partial charge in [0.05, 0.1) is 5.52 Å². The number of aromatic amines is 1. The highest BCUT2D eigenvalue weighted by molar-refractivity contribution is 5.97. The smallest absolute Gasteiger partial charge is 0.291 e. The first kappa shape index (κ1) is 26.7. The molecular weight excluding hydrogens is 502 g/mol. The van der Waals surface area contributed by atoms with Gasteiger partial charge < -0.3 is 20.3 Å². The van der Waals surface area contributed by atoms with E-state index in [0.717, 1.165) is 48.9 Å². The van der Waals surface area contributed by atoms with Crippen molar-refractivity contribution in [3.8, 4) is 11.8 Å². The highest BCUT2D eigenvalue weighted by Crippen LogP contribution is 2.42. The molecule has 2 aliphatic carbocycles. The Morgan fingerprint density at radius 1 is 1.15 bits per heavy atom. The number of nitrogens with zero attached hydrogens (tertiary/aromatic N) is 4. The Labute approximate surface area is 235 Å². The van der Waals surface area contributed by atoms with Gasteiger partial charge >= 0.3 is 0 Å². The highest BCUT2D eigenvalue weighted by atomic mass is 16.5. The van der Waals surface area contributed by atoms with E-state index in [1.165, 1.54) is 12.8 Å². The number of amides is 1. The normalized spacial score (nSPS) is 22.0. The number of fused-ring (bicyclic) bond motifs is 1. The van der Waals surface area contributed by atoms with Crippen molar-refractivity contribution in [1.82, 2.24) is 30.4 Å². The van der Waals surface area contributed by atoms with E-state index in [4.69, 9.17) is 14.7 Å². The second kappa shape index (κ2) is 10.5. The standard InChI is InChI=1S/C31H39N7O2/c1-20-19-38(16-15-32-20)29(39)28-33-24-8-5-21(9-10-31(40-4)13-11-30(2,3)12-14-31)17-23(24)27(35-28)34-26-18-25(36-37-26)22-6-7-22/h5,8,17-18,20,22,32H,6-7,11-16,19H2,1-4H3,(H2,33,34,35,36,37)/t20-/m1/s1. The zero-order valence-electron chi connectivity index (χ0n) is 23.9. The molecule has 0 bridgehead atoms. The van der Waals surface area contributed by atoms with Crippen molar-refractivity contribution in [3.05, 3.63) is 41.3 Å². The Morgan fingerprint density at radius 2 is 1.95 bits per heavy atom. The van der Waals surface area contributed by atoms with Gasteiger partial charge in [0.1, 0.15) is 11.4 Å². The lowest BCUT2D eigenvalue weighted by atomic mass is 9.71. The Kier molecular flexibility index (Phi) is 7.01. The quantitative estimate of drug-likeness (QED) is 0.400. The van der Waals surface area contributed by atoms with Crippen LogP contribution in [0.4, 0.5) is 11.6 Å². The molecule has 1 amide bonds. The lowest BCUT2D eigenvalue weighted by Gasteiger charge is -2.39. The number of aromatic nitrogens is 4. The lowest BCUT2D eigenvalue weighted by Crippen LogP contribution is -2.51. The number of piperazine rings is 1. The van der Waals surface area contributed by atoms with Gasteiger partial charge in [0.2, 0.25) is 5.82 Å². The van der Waals surface area contributed by atoms with Crippen molar-refractivity contribution in [2.24, 2.45) is 5.41 Å². The van der Waals surface area contributed by atoms with Gasteiger partial charge in [0, 0.05) is 61.4 Å². The zero-order chi connectivity index (χ0) is 27.9. The number of anilines is 2. The van der Waals surface area contributed by atoms with Crippen LogP contribution in [-0.2, 0) is 4.74 Å². The number of methoxy groups -OCH3 is 1. The Bertz CT molecular complexity index is 1470. The Morgan fingerprint density at radius 3 is 2.67 bits per heavy atom. The summed E-state index contributed by atoms with van der Waals surface area (Å²) < 4.78 is 5.95. The molecule has 0 spiro atoms.